The minimum absolute atomic E-state index is 0.0274. The molecule has 77 heavy (non-hydrogen) atoms. The van der Waals surface area contributed by atoms with Gasteiger partial charge in [0.2, 0.25) is 23.6 Å². The zero-order chi connectivity index (χ0) is 57.0. The van der Waals surface area contributed by atoms with Crippen molar-refractivity contribution in [3.05, 3.63) is 12.2 Å². The summed E-state index contributed by atoms with van der Waals surface area (Å²) >= 11 is 0. The molecule has 4 heterocycles. The van der Waals surface area contributed by atoms with Crippen molar-refractivity contribution in [3.8, 4) is 0 Å². The molecule has 4 amide bonds. The molecule has 28 nitrogen and oxygen atoms in total. The molecule has 4 fully saturated rings. The van der Waals surface area contributed by atoms with Crippen LogP contribution in [-0.4, -0.2) is 232 Å². The first-order valence-electron chi connectivity index (χ1n) is 26.4. The maximum atomic E-state index is 13.3. The SMILES string of the molecule is CCCCCCCC/C=C\CCCCCCCC(=O)N[C@H]1[C@@H](O[C@H]2C(O)[C@@H](NC(C)=O)[C@H](O[C@H]3[C@H](O)[C@@H](NC(C)=O)[C@@H](O[C@H]4C(O)[C@@H](NC(C)=O)C(O)O[C@@H]4COS(=O)(=O)O)O[C@@H]3CO)O[C@@H]2CO)O[C@H](CO)[C@@H](O)[C@@H]1O. The summed E-state index contributed by atoms with van der Waals surface area (Å²) in [5.74, 6) is -2.91. The summed E-state index contributed by atoms with van der Waals surface area (Å²) in [6.07, 6.45) is -10.8. The third-order valence-corrected chi connectivity index (χ3v) is 14.1. The van der Waals surface area contributed by atoms with E-state index in [1.165, 1.54) is 38.5 Å². The van der Waals surface area contributed by atoms with E-state index >= 15 is 0 Å². The van der Waals surface area contributed by atoms with Crippen LogP contribution in [0.1, 0.15) is 118 Å². The van der Waals surface area contributed by atoms with Gasteiger partial charge in [-0.1, -0.05) is 70.4 Å². The first-order valence-corrected chi connectivity index (χ1v) is 27.8. The van der Waals surface area contributed by atoms with Gasteiger partial charge >= 0.3 is 10.4 Å². The number of hydrogen-bond donors (Lipinski definition) is 14. The van der Waals surface area contributed by atoms with Crippen LogP contribution >= 0.6 is 0 Å². The minimum Gasteiger partial charge on any atom is -0.394 e. The van der Waals surface area contributed by atoms with E-state index in [0.717, 1.165) is 59.3 Å². The van der Waals surface area contributed by atoms with Gasteiger partial charge in [0, 0.05) is 27.2 Å². The molecule has 0 aromatic carbocycles. The van der Waals surface area contributed by atoms with Crippen LogP contribution in [0.15, 0.2) is 12.2 Å². The van der Waals surface area contributed by atoms with Crippen molar-refractivity contribution in [2.75, 3.05) is 26.4 Å². The summed E-state index contributed by atoms with van der Waals surface area (Å²) in [6.45, 7) is 1.42. The summed E-state index contributed by atoms with van der Waals surface area (Å²) in [5, 5.41) is 109. The van der Waals surface area contributed by atoms with Gasteiger partial charge in [0.25, 0.3) is 0 Å². The Morgan fingerprint density at radius 1 is 0.494 bits per heavy atom. The Hall–Kier alpha value is -3.15. The van der Waals surface area contributed by atoms with Crippen LogP contribution in [0.4, 0.5) is 0 Å². The summed E-state index contributed by atoms with van der Waals surface area (Å²) in [7, 11) is -5.15. The van der Waals surface area contributed by atoms with Crippen LogP contribution < -0.4 is 21.3 Å². The Morgan fingerprint density at radius 3 is 1.32 bits per heavy atom. The number of aliphatic hydroxyl groups is 9. The quantitative estimate of drug-likeness (QED) is 0.0183. The molecule has 14 N–H and O–H groups in total. The highest BCUT2D eigenvalue weighted by atomic mass is 32.3. The zero-order valence-electron chi connectivity index (χ0n) is 44.0. The van der Waals surface area contributed by atoms with E-state index in [2.05, 4.69) is 44.5 Å². The Balaban J connectivity index is 1.47. The van der Waals surface area contributed by atoms with Crippen molar-refractivity contribution < 1.29 is 115 Å². The zero-order valence-corrected chi connectivity index (χ0v) is 44.8. The Bertz CT molecular complexity index is 1940. The predicted octanol–water partition coefficient (Wildman–Crippen LogP) is -3.33. The number of amides is 4. The Kier molecular flexibility index (Phi) is 28.4. The Labute approximate surface area is 448 Å². The van der Waals surface area contributed by atoms with Gasteiger partial charge in [-0.25, -0.2) is 4.18 Å². The van der Waals surface area contributed by atoms with E-state index in [9.17, 15) is 78.1 Å². The van der Waals surface area contributed by atoms with E-state index < -0.39 is 183 Å². The fourth-order valence-corrected chi connectivity index (χ4v) is 10.00. The lowest BCUT2D eigenvalue weighted by Gasteiger charge is -2.51. The van der Waals surface area contributed by atoms with Crippen LogP contribution in [-0.2, 0) is 66.9 Å². The second-order valence-electron chi connectivity index (χ2n) is 19.8. The molecule has 0 bridgehead atoms. The molecular formula is C48H84N4O24S. The molecule has 4 aliphatic rings. The third kappa shape index (κ3) is 20.4. The summed E-state index contributed by atoms with van der Waals surface area (Å²) < 4.78 is 77.9. The molecule has 0 aromatic rings. The highest BCUT2D eigenvalue weighted by molar-refractivity contribution is 7.80. The number of aliphatic hydroxyl groups excluding tert-OH is 9. The molecule has 4 saturated heterocycles. The summed E-state index contributed by atoms with van der Waals surface area (Å²) in [5.41, 5.74) is 0. The van der Waals surface area contributed by atoms with Gasteiger partial charge in [-0.3, -0.25) is 23.7 Å². The van der Waals surface area contributed by atoms with E-state index in [-0.39, 0.29) is 6.42 Å². The predicted molar refractivity (Wildman–Crippen MR) is 264 cm³/mol. The first-order chi connectivity index (χ1) is 36.5. The van der Waals surface area contributed by atoms with Gasteiger partial charge in [-0.15, -0.1) is 0 Å². The molecule has 4 aliphatic heterocycles. The van der Waals surface area contributed by atoms with Crippen LogP contribution in [0, 0.1) is 0 Å². The summed E-state index contributed by atoms with van der Waals surface area (Å²) in [6, 6.07) is -6.58. The van der Waals surface area contributed by atoms with Crippen molar-refractivity contribution in [2.45, 2.75) is 240 Å². The second kappa shape index (κ2) is 32.9. The maximum Gasteiger partial charge on any atom is 0.397 e. The number of ether oxygens (including phenoxy) is 7. The molecular weight excluding hydrogens is 1050 g/mol. The second-order valence-corrected chi connectivity index (χ2v) is 20.9. The largest absolute Gasteiger partial charge is 0.397 e. The van der Waals surface area contributed by atoms with Crippen LogP contribution in [0.5, 0.6) is 0 Å². The van der Waals surface area contributed by atoms with Gasteiger partial charge < -0.3 is 100 Å². The van der Waals surface area contributed by atoms with E-state index in [0.29, 0.717) is 6.42 Å². The van der Waals surface area contributed by atoms with Crippen molar-refractivity contribution >= 4 is 34.0 Å². The highest BCUT2D eigenvalue weighted by Crippen LogP contribution is 2.35. The van der Waals surface area contributed by atoms with Gasteiger partial charge in [-0.2, -0.15) is 8.42 Å². The molecule has 4 rings (SSSR count). The maximum absolute atomic E-state index is 13.3. The Morgan fingerprint density at radius 2 is 0.883 bits per heavy atom. The third-order valence-electron chi connectivity index (χ3n) is 13.6. The van der Waals surface area contributed by atoms with Gasteiger partial charge in [0.05, 0.1) is 26.4 Å². The van der Waals surface area contributed by atoms with Crippen molar-refractivity contribution in [1.29, 1.82) is 0 Å². The van der Waals surface area contributed by atoms with Crippen molar-refractivity contribution in [2.24, 2.45) is 0 Å². The molecule has 29 heteroatoms. The number of carbonyl (C=O) groups excluding carboxylic acids is 4. The number of allylic oxidation sites excluding steroid dienone is 2. The average molecular weight is 1130 g/mol. The number of carbonyl (C=O) groups is 4. The molecule has 3 unspecified atom stereocenters. The first kappa shape index (κ1) is 66.4. The lowest BCUT2D eigenvalue weighted by atomic mass is 9.93. The van der Waals surface area contributed by atoms with E-state index in [1.807, 2.05) is 0 Å². The van der Waals surface area contributed by atoms with Crippen LogP contribution in [0.3, 0.4) is 0 Å². The fourth-order valence-electron chi connectivity index (χ4n) is 9.69. The summed E-state index contributed by atoms with van der Waals surface area (Å²) in [4.78, 5) is 50.5. The monoisotopic (exact) mass is 1130 g/mol. The van der Waals surface area contributed by atoms with Crippen molar-refractivity contribution in [3.63, 3.8) is 0 Å². The lowest BCUT2D eigenvalue weighted by molar-refractivity contribution is -0.361. The standard InChI is InChI=1S/C48H84N4O24S/c1-5-6-7-8-9-10-11-12-13-14-15-16-17-18-19-20-32(59)52-34-38(61)37(60)28(21-53)71-46(34)74-42-29(22-54)72-47(35(40(42)63)50-26(3)57)75-43-30(23-55)73-48(36(41(43)64)51-27(4)58)76-44-31(24-69-77(66,67)68)70-45(65)33(39(44)62)49-25(2)56/h12-13,28-31,33-48,53-55,60-65H,5-11,14-24H2,1-4H3,(H,49,56)(H,50,57)(H,51,58)(H,52,59)(H,66,67,68)/b13-12-/t28-,29-,30-,31-,33-,34-,35-,36-,37-,38-,39?,40?,41-,42-,43-,44-,45?,46-,47+,48-/m1/s1. The molecule has 0 saturated carbocycles. The van der Waals surface area contributed by atoms with Gasteiger partial charge in [0.15, 0.2) is 25.2 Å². The topological polar surface area (TPSA) is 427 Å². The highest BCUT2D eigenvalue weighted by Gasteiger charge is 2.56. The number of rotatable bonds is 31. The molecule has 0 aliphatic carbocycles. The van der Waals surface area contributed by atoms with Crippen molar-refractivity contribution in [1.82, 2.24) is 21.3 Å². The number of nitrogens with one attached hydrogen (secondary N) is 4. The average Bonchev–Trinajstić information content (AvgIpc) is 3.37. The number of hydrogen-bond acceptors (Lipinski definition) is 23. The molecule has 0 radical (unpaired) electrons. The van der Waals surface area contributed by atoms with Crippen LogP contribution in [0.25, 0.3) is 0 Å². The lowest BCUT2D eigenvalue weighted by Crippen LogP contribution is -2.71. The number of unbranched alkanes of at least 4 members (excludes halogenated alkanes) is 11. The molecule has 0 aromatic heterocycles. The minimum atomic E-state index is -5.15. The van der Waals surface area contributed by atoms with E-state index in [1.54, 1.807) is 0 Å². The normalized spacial score (nSPS) is 35.8. The molecule has 0 spiro atoms. The molecule has 446 valence electrons. The smallest absolute Gasteiger partial charge is 0.394 e. The van der Waals surface area contributed by atoms with Crippen LogP contribution in [0.2, 0.25) is 0 Å². The van der Waals surface area contributed by atoms with Gasteiger partial charge in [0.1, 0.15) is 97.4 Å². The van der Waals surface area contributed by atoms with Gasteiger partial charge in [-0.05, 0) is 32.1 Å². The molecule has 20 atom stereocenters. The fraction of sp³-hybridized carbons (Fsp3) is 0.875. The van der Waals surface area contributed by atoms with E-state index in [4.69, 9.17) is 33.2 Å².